The number of amides is 1. The van der Waals surface area contributed by atoms with E-state index in [0.29, 0.717) is 5.69 Å². The van der Waals surface area contributed by atoms with Gasteiger partial charge in [-0.1, -0.05) is 32.9 Å². The molecule has 1 aliphatic carbocycles. The third-order valence-corrected chi connectivity index (χ3v) is 4.01. The van der Waals surface area contributed by atoms with Crippen molar-refractivity contribution in [2.75, 3.05) is 5.32 Å². The van der Waals surface area contributed by atoms with Crippen LogP contribution in [-0.2, 0) is 16.0 Å². The fourth-order valence-electron chi connectivity index (χ4n) is 2.63. The number of nitrogens with one attached hydrogen (secondary N) is 1. The topological polar surface area (TPSA) is 66.4 Å². The van der Waals surface area contributed by atoms with E-state index in [4.69, 9.17) is 5.11 Å². The van der Waals surface area contributed by atoms with Gasteiger partial charge in [-0.25, -0.2) is 0 Å². The Hall–Kier alpha value is -1.84. The number of hydrogen-bond donors (Lipinski definition) is 2. The molecule has 19 heavy (non-hydrogen) atoms. The third kappa shape index (κ3) is 2.48. The number of benzene rings is 1. The second-order valence-corrected chi connectivity index (χ2v) is 5.65. The Balaban J connectivity index is 2.04. The Kier molecular flexibility index (Phi) is 3.35. The molecule has 0 aliphatic heterocycles. The zero-order valence-electron chi connectivity index (χ0n) is 11.4. The number of rotatable bonds is 4. The van der Waals surface area contributed by atoms with Crippen molar-refractivity contribution in [2.45, 2.75) is 27.2 Å². The summed E-state index contributed by atoms with van der Waals surface area (Å²) in [5.41, 5.74) is 1.46. The predicted octanol–water partition coefficient (Wildman–Crippen LogP) is 2.54. The molecule has 1 aromatic carbocycles. The van der Waals surface area contributed by atoms with Gasteiger partial charge in [-0.15, -0.1) is 0 Å². The molecule has 0 aromatic heterocycles. The summed E-state index contributed by atoms with van der Waals surface area (Å²) in [6, 6.07) is 7.62. The highest BCUT2D eigenvalue weighted by molar-refractivity contribution is 5.99. The average molecular weight is 261 g/mol. The third-order valence-electron chi connectivity index (χ3n) is 4.01. The minimum Gasteiger partial charge on any atom is -0.481 e. The molecule has 0 radical (unpaired) electrons. The summed E-state index contributed by atoms with van der Waals surface area (Å²) in [7, 11) is 0. The Bertz CT molecular complexity index is 505. The van der Waals surface area contributed by atoms with Crippen molar-refractivity contribution in [3.63, 3.8) is 0 Å². The molecule has 102 valence electrons. The van der Waals surface area contributed by atoms with Crippen LogP contribution in [0.2, 0.25) is 0 Å². The summed E-state index contributed by atoms with van der Waals surface area (Å²) in [6.07, 6.45) is 0.949. The standard InChI is InChI=1S/C15H19NO3/c1-4-9-5-7-10(8-6-9)16-13(17)11-12(14(18)19)15(11,2)3/h5-8,11-12H,4H2,1-3H3,(H,16,17)(H,18,19)/t11-,12+/m1/s1. The zero-order chi connectivity index (χ0) is 14.2. The minimum atomic E-state index is -0.897. The van der Waals surface area contributed by atoms with Crippen LogP contribution >= 0.6 is 0 Å². The fourth-order valence-corrected chi connectivity index (χ4v) is 2.63. The first-order valence-corrected chi connectivity index (χ1v) is 6.50. The zero-order valence-corrected chi connectivity index (χ0v) is 11.4. The van der Waals surface area contributed by atoms with Crippen molar-refractivity contribution in [1.29, 1.82) is 0 Å². The van der Waals surface area contributed by atoms with Crippen LogP contribution in [-0.4, -0.2) is 17.0 Å². The molecule has 2 N–H and O–H groups in total. The molecule has 0 spiro atoms. The van der Waals surface area contributed by atoms with Gasteiger partial charge < -0.3 is 10.4 Å². The number of carboxylic acids is 1. The predicted molar refractivity (Wildman–Crippen MR) is 72.8 cm³/mol. The van der Waals surface area contributed by atoms with Crippen molar-refractivity contribution in [2.24, 2.45) is 17.3 Å². The molecule has 1 amide bonds. The van der Waals surface area contributed by atoms with Gasteiger partial charge in [-0.2, -0.15) is 0 Å². The molecule has 4 heteroatoms. The van der Waals surface area contributed by atoms with Crippen LogP contribution in [0.4, 0.5) is 5.69 Å². The van der Waals surface area contributed by atoms with Gasteiger partial charge in [0.15, 0.2) is 0 Å². The molecule has 1 aliphatic rings. The van der Waals surface area contributed by atoms with Gasteiger partial charge in [-0.05, 0) is 29.5 Å². The second-order valence-electron chi connectivity index (χ2n) is 5.65. The Labute approximate surface area is 112 Å². The van der Waals surface area contributed by atoms with Crippen LogP contribution in [0.25, 0.3) is 0 Å². The van der Waals surface area contributed by atoms with Gasteiger partial charge >= 0.3 is 5.97 Å². The number of carbonyl (C=O) groups excluding carboxylic acids is 1. The van der Waals surface area contributed by atoms with Crippen LogP contribution in [0.15, 0.2) is 24.3 Å². The molecule has 0 heterocycles. The highest BCUT2D eigenvalue weighted by Crippen LogP contribution is 2.58. The second kappa shape index (κ2) is 4.68. The van der Waals surface area contributed by atoms with Gasteiger partial charge in [-0.3, -0.25) is 9.59 Å². The quantitative estimate of drug-likeness (QED) is 0.875. The first-order chi connectivity index (χ1) is 8.87. The summed E-state index contributed by atoms with van der Waals surface area (Å²) >= 11 is 0. The van der Waals surface area contributed by atoms with Crippen molar-refractivity contribution >= 4 is 17.6 Å². The lowest BCUT2D eigenvalue weighted by atomic mass is 10.1. The summed E-state index contributed by atoms with van der Waals surface area (Å²) in [5, 5.41) is 11.9. The summed E-state index contributed by atoms with van der Waals surface area (Å²) in [5.74, 6) is -2.13. The average Bonchev–Trinajstić information content (AvgIpc) is 2.93. The van der Waals surface area contributed by atoms with Gasteiger partial charge in [0.2, 0.25) is 5.91 Å². The maximum absolute atomic E-state index is 12.1. The van der Waals surface area contributed by atoms with E-state index >= 15 is 0 Å². The van der Waals surface area contributed by atoms with E-state index in [1.165, 1.54) is 5.56 Å². The summed E-state index contributed by atoms with van der Waals surface area (Å²) < 4.78 is 0. The first kappa shape index (κ1) is 13.6. The molecule has 0 bridgehead atoms. The molecule has 1 aromatic rings. The number of carboxylic acid groups (broad SMARTS) is 1. The van der Waals surface area contributed by atoms with E-state index in [1.54, 1.807) is 0 Å². The number of hydrogen-bond acceptors (Lipinski definition) is 2. The lowest BCUT2D eigenvalue weighted by molar-refractivity contribution is -0.140. The fraction of sp³-hybridized carbons (Fsp3) is 0.467. The maximum Gasteiger partial charge on any atom is 0.307 e. The van der Waals surface area contributed by atoms with Gasteiger partial charge in [0.25, 0.3) is 0 Å². The first-order valence-electron chi connectivity index (χ1n) is 6.50. The van der Waals surface area contributed by atoms with Gasteiger partial charge in [0.05, 0.1) is 11.8 Å². The molecule has 2 rings (SSSR count). The van der Waals surface area contributed by atoms with E-state index < -0.39 is 23.2 Å². The largest absolute Gasteiger partial charge is 0.481 e. The van der Waals surface area contributed by atoms with Crippen molar-refractivity contribution < 1.29 is 14.7 Å². The van der Waals surface area contributed by atoms with Crippen LogP contribution in [0.3, 0.4) is 0 Å². The highest BCUT2D eigenvalue weighted by atomic mass is 16.4. The van der Waals surface area contributed by atoms with Crippen molar-refractivity contribution in [3.8, 4) is 0 Å². The molecule has 2 atom stereocenters. The van der Waals surface area contributed by atoms with E-state index in [1.807, 2.05) is 38.1 Å². The lowest BCUT2D eigenvalue weighted by Crippen LogP contribution is -2.17. The normalized spacial score (nSPS) is 23.7. The molecule has 1 fully saturated rings. The number of aliphatic carboxylic acids is 1. The van der Waals surface area contributed by atoms with E-state index in [9.17, 15) is 9.59 Å². The van der Waals surface area contributed by atoms with E-state index in [2.05, 4.69) is 12.2 Å². The van der Waals surface area contributed by atoms with Crippen LogP contribution in [0.1, 0.15) is 26.3 Å². The molecular weight excluding hydrogens is 242 g/mol. The lowest BCUT2D eigenvalue weighted by Gasteiger charge is -2.06. The molecular formula is C15H19NO3. The Morgan fingerprint density at radius 2 is 1.79 bits per heavy atom. The molecule has 1 saturated carbocycles. The van der Waals surface area contributed by atoms with Crippen molar-refractivity contribution in [3.05, 3.63) is 29.8 Å². The summed E-state index contributed by atoms with van der Waals surface area (Å²) in [6.45, 7) is 5.70. The number of anilines is 1. The van der Waals surface area contributed by atoms with Gasteiger partial charge in [0.1, 0.15) is 0 Å². The van der Waals surface area contributed by atoms with E-state index in [0.717, 1.165) is 6.42 Å². The molecule has 0 saturated heterocycles. The molecule has 0 unspecified atom stereocenters. The number of carbonyl (C=O) groups is 2. The Morgan fingerprint density at radius 1 is 1.21 bits per heavy atom. The van der Waals surface area contributed by atoms with Crippen LogP contribution < -0.4 is 5.32 Å². The van der Waals surface area contributed by atoms with Gasteiger partial charge in [0, 0.05) is 5.69 Å². The smallest absolute Gasteiger partial charge is 0.307 e. The number of aryl methyl sites for hydroxylation is 1. The van der Waals surface area contributed by atoms with Crippen LogP contribution in [0.5, 0.6) is 0 Å². The Morgan fingerprint density at radius 3 is 2.21 bits per heavy atom. The van der Waals surface area contributed by atoms with Crippen molar-refractivity contribution in [1.82, 2.24) is 0 Å². The highest BCUT2D eigenvalue weighted by Gasteiger charge is 2.65. The SMILES string of the molecule is CCc1ccc(NC(=O)[C@H]2[C@@H](C(=O)O)C2(C)C)cc1. The summed E-state index contributed by atoms with van der Waals surface area (Å²) in [4.78, 5) is 23.1. The molecule has 4 nitrogen and oxygen atoms in total. The minimum absolute atomic E-state index is 0.207. The monoisotopic (exact) mass is 261 g/mol. The van der Waals surface area contributed by atoms with E-state index in [-0.39, 0.29) is 5.91 Å². The maximum atomic E-state index is 12.1. The van der Waals surface area contributed by atoms with Crippen LogP contribution in [0, 0.1) is 17.3 Å².